The lowest BCUT2D eigenvalue weighted by molar-refractivity contribution is -0.149. The highest BCUT2D eigenvalue weighted by atomic mass is 35.5. The lowest BCUT2D eigenvalue weighted by Gasteiger charge is -2.26. The molecule has 1 aliphatic carbocycles. The molecule has 2 rings (SSSR count). The molecular formula is C12H20ClN3O2S. The number of halogens is 1. The van der Waals surface area contributed by atoms with Crippen molar-refractivity contribution < 1.29 is 9.53 Å². The molecule has 1 atom stereocenters. The molecule has 0 bridgehead atoms. The smallest absolute Gasteiger partial charge is 0.323 e. The number of thiazole rings is 1. The Morgan fingerprint density at radius 3 is 2.84 bits per heavy atom. The van der Waals surface area contributed by atoms with Crippen molar-refractivity contribution in [3.8, 4) is 0 Å². The van der Waals surface area contributed by atoms with E-state index in [0.29, 0.717) is 17.8 Å². The second-order valence-electron chi connectivity index (χ2n) is 4.50. The Kier molecular flexibility index (Phi) is 6.03. The van der Waals surface area contributed by atoms with Gasteiger partial charge in [0, 0.05) is 23.7 Å². The van der Waals surface area contributed by atoms with E-state index >= 15 is 0 Å². The summed E-state index contributed by atoms with van der Waals surface area (Å²) in [7, 11) is 0. The van der Waals surface area contributed by atoms with Crippen LogP contribution in [0.2, 0.25) is 0 Å². The molecule has 0 radical (unpaired) electrons. The summed E-state index contributed by atoms with van der Waals surface area (Å²) in [5.74, 6) is -0.151. The van der Waals surface area contributed by atoms with Crippen LogP contribution in [0.4, 0.5) is 5.13 Å². The minimum absolute atomic E-state index is 0. The summed E-state index contributed by atoms with van der Waals surface area (Å²) in [4.78, 5) is 19.1. The van der Waals surface area contributed by atoms with Crippen molar-refractivity contribution >= 4 is 34.8 Å². The number of carbonyl (C=O) groups excluding carboxylic acids is 1. The van der Waals surface area contributed by atoms with Crippen molar-refractivity contribution in [2.45, 2.75) is 45.3 Å². The maximum Gasteiger partial charge on any atom is 0.323 e. The van der Waals surface area contributed by atoms with E-state index in [4.69, 9.17) is 10.5 Å². The van der Waals surface area contributed by atoms with Gasteiger partial charge in [0.25, 0.3) is 0 Å². The summed E-state index contributed by atoms with van der Waals surface area (Å²) >= 11 is 1.48. The SMILES string of the molecule is CCOC(=O)C(C)N(Cc1cnc(N)s1)C1CC1.Cl. The first-order chi connectivity index (χ1) is 8.61. The molecule has 19 heavy (non-hydrogen) atoms. The summed E-state index contributed by atoms with van der Waals surface area (Å²) in [6.45, 7) is 4.88. The monoisotopic (exact) mass is 305 g/mol. The summed E-state index contributed by atoms with van der Waals surface area (Å²) in [6, 6.07) is 0.286. The topological polar surface area (TPSA) is 68.5 Å². The normalized spacial score (nSPS) is 15.9. The molecule has 1 saturated carbocycles. The van der Waals surface area contributed by atoms with Crippen LogP contribution < -0.4 is 5.73 Å². The first-order valence-corrected chi connectivity index (χ1v) is 7.06. The van der Waals surface area contributed by atoms with E-state index in [2.05, 4.69) is 9.88 Å². The van der Waals surface area contributed by atoms with Crippen LogP contribution in [0.5, 0.6) is 0 Å². The lowest BCUT2D eigenvalue weighted by Crippen LogP contribution is -2.40. The van der Waals surface area contributed by atoms with Gasteiger partial charge in [-0.15, -0.1) is 23.7 Å². The van der Waals surface area contributed by atoms with Gasteiger partial charge >= 0.3 is 5.97 Å². The Bertz CT molecular complexity index is 423. The van der Waals surface area contributed by atoms with Gasteiger partial charge in [-0.25, -0.2) is 4.98 Å². The van der Waals surface area contributed by atoms with Gasteiger partial charge < -0.3 is 10.5 Å². The number of anilines is 1. The largest absolute Gasteiger partial charge is 0.465 e. The van der Waals surface area contributed by atoms with Crippen LogP contribution in [0.1, 0.15) is 31.6 Å². The molecule has 1 unspecified atom stereocenters. The number of esters is 1. The molecule has 0 amide bonds. The van der Waals surface area contributed by atoms with Crippen LogP contribution in [0.3, 0.4) is 0 Å². The lowest BCUT2D eigenvalue weighted by atomic mass is 10.2. The van der Waals surface area contributed by atoms with Crippen molar-refractivity contribution in [1.29, 1.82) is 0 Å². The van der Waals surface area contributed by atoms with Crippen molar-refractivity contribution in [3.63, 3.8) is 0 Å². The summed E-state index contributed by atoms with van der Waals surface area (Å²) in [5, 5.41) is 0.574. The van der Waals surface area contributed by atoms with E-state index in [1.54, 1.807) is 6.20 Å². The molecule has 1 aliphatic rings. The predicted molar refractivity (Wildman–Crippen MR) is 78.4 cm³/mol. The Hall–Kier alpha value is -0.850. The minimum atomic E-state index is -0.208. The highest BCUT2D eigenvalue weighted by Crippen LogP contribution is 2.31. The summed E-state index contributed by atoms with van der Waals surface area (Å²) in [5.41, 5.74) is 5.63. The van der Waals surface area contributed by atoms with Crippen molar-refractivity contribution in [1.82, 2.24) is 9.88 Å². The van der Waals surface area contributed by atoms with Crippen LogP contribution in [-0.2, 0) is 16.1 Å². The second kappa shape index (κ2) is 7.07. The first kappa shape index (κ1) is 16.2. The van der Waals surface area contributed by atoms with E-state index in [1.807, 2.05) is 13.8 Å². The standard InChI is InChI=1S/C12H19N3O2S.ClH/c1-3-17-11(16)8(2)15(9-4-5-9)7-10-6-14-12(13)18-10;/h6,8-9H,3-5,7H2,1-2H3,(H2,13,14);1H. The predicted octanol–water partition coefficient (Wildman–Crippen LogP) is 2.06. The van der Waals surface area contributed by atoms with Gasteiger partial charge in [-0.2, -0.15) is 0 Å². The molecule has 0 saturated heterocycles. The molecule has 0 spiro atoms. The molecule has 108 valence electrons. The third-order valence-electron chi connectivity index (χ3n) is 3.05. The number of aromatic nitrogens is 1. The highest BCUT2D eigenvalue weighted by molar-refractivity contribution is 7.15. The number of carbonyl (C=O) groups is 1. The van der Waals surface area contributed by atoms with Gasteiger partial charge in [0.05, 0.1) is 6.61 Å². The van der Waals surface area contributed by atoms with E-state index in [0.717, 1.165) is 24.3 Å². The highest BCUT2D eigenvalue weighted by Gasteiger charge is 2.35. The van der Waals surface area contributed by atoms with Crippen LogP contribution in [0.25, 0.3) is 0 Å². The minimum Gasteiger partial charge on any atom is -0.465 e. The summed E-state index contributed by atoms with van der Waals surface area (Å²) < 4.78 is 5.09. The number of nitrogens with two attached hydrogens (primary N) is 1. The molecule has 1 aromatic heterocycles. The van der Waals surface area contributed by atoms with Crippen LogP contribution in [-0.4, -0.2) is 34.5 Å². The van der Waals surface area contributed by atoms with Gasteiger partial charge in [-0.1, -0.05) is 0 Å². The molecule has 7 heteroatoms. The average Bonchev–Trinajstić information content (AvgIpc) is 3.09. The van der Waals surface area contributed by atoms with Crippen molar-refractivity contribution in [3.05, 3.63) is 11.1 Å². The fraction of sp³-hybridized carbons (Fsp3) is 0.667. The average molecular weight is 306 g/mol. The van der Waals surface area contributed by atoms with E-state index in [1.165, 1.54) is 11.3 Å². The first-order valence-electron chi connectivity index (χ1n) is 6.24. The molecule has 5 nitrogen and oxygen atoms in total. The third kappa shape index (κ3) is 4.33. The molecule has 0 aliphatic heterocycles. The van der Waals surface area contributed by atoms with Crippen LogP contribution in [0.15, 0.2) is 6.20 Å². The Morgan fingerprint density at radius 2 is 2.37 bits per heavy atom. The van der Waals surface area contributed by atoms with E-state index < -0.39 is 0 Å². The zero-order valence-electron chi connectivity index (χ0n) is 11.2. The number of hydrogen-bond acceptors (Lipinski definition) is 6. The molecule has 2 N–H and O–H groups in total. The molecular weight excluding hydrogens is 286 g/mol. The fourth-order valence-electron chi connectivity index (χ4n) is 1.96. The Morgan fingerprint density at radius 1 is 1.68 bits per heavy atom. The number of hydrogen-bond donors (Lipinski definition) is 1. The van der Waals surface area contributed by atoms with Gasteiger partial charge in [0.15, 0.2) is 5.13 Å². The molecule has 1 fully saturated rings. The number of rotatable bonds is 6. The third-order valence-corrected chi connectivity index (χ3v) is 3.86. The quantitative estimate of drug-likeness (QED) is 0.815. The number of nitrogen functional groups attached to an aromatic ring is 1. The Labute approximate surface area is 123 Å². The van der Waals surface area contributed by atoms with Gasteiger partial charge in [-0.05, 0) is 26.7 Å². The van der Waals surface area contributed by atoms with Crippen molar-refractivity contribution in [2.75, 3.05) is 12.3 Å². The number of ether oxygens (including phenoxy) is 1. The molecule has 0 aromatic carbocycles. The van der Waals surface area contributed by atoms with Gasteiger partial charge in [-0.3, -0.25) is 9.69 Å². The van der Waals surface area contributed by atoms with E-state index in [9.17, 15) is 4.79 Å². The van der Waals surface area contributed by atoms with Gasteiger partial charge in [0.2, 0.25) is 0 Å². The zero-order valence-corrected chi connectivity index (χ0v) is 12.8. The van der Waals surface area contributed by atoms with Crippen LogP contribution >= 0.6 is 23.7 Å². The van der Waals surface area contributed by atoms with E-state index in [-0.39, 0.29) is 24.4 Å². The zero-order chi connectivity index (χ0) is 13.1. The van der Waals surface area contributed by atoms with Crippen LogP contribution in [0, 0.1) is 0 Å². The molecule has 1 aromatic rings. The second-order valence-corrected chi connectivity index (χ2v) is 5.64. The maximum absolute atomic E-state index is 11.8. The molecule has 1 heterocycles. The fourth-order valence-corrected chi connectivity index (χ4v) is 2.66. The van der Waals surface area contributed by atoms with Gasteiger partial charge in [0.1, 0.15) is 6.04 Å². The maximum atomic E-state index is 11.8. The summed E-state index contributed by atoms with van der Waals surface area (Å²) in [6.07, 6.45) is 4.09. The Balaban J connectivity index is 0.00000180. The van der Waals surface area contributed by atoms with Crippen molar-refractivity contribution in [2.24, 2.45) is 0 Å². The number of nitrogens with zero attached hydrogens (tertiary/aromatic N) is 2.